The zero-order valence-electron chi connectivity index (χ0n) is 16.0. The minimum atomic E-state index is -2.04. The van der Waals surface area contributed by atoms with Crippen molar-refractivity contribution in [2.45, 2.75) is 44.9 Å². The predicted molar refractivity (Wildman–Crippen MR) is 104 cm³/mol. The van der Waals surface area contributed by atoms with E-state index in [4.69, 9.17) is 4.43 Å². The van der Waals surface area contributed by atoms with Gasteiger partial charge in [0, 0.05) is 11.8 Å². The SMILES string of the molecule is CC(C)(C)[Si](C)(C)OCC(NC(=O)c1ccccn1)c1ccccc1F. The van der Waals surface area contributed by atoms with Crippen molar-refractivity contribution in [3.05, 3.63) is 65.7 Å². The monoisotopic (exact) mass is 374 g/mol. The van der Waals surface area contributed by atoms with Crippen LogP contribution in [0.3, 0.4) is 0 Å². The second kappa shape index (κ2) is 8.10. The number of hydrogen-bond donors (Lipinski definition) is 1. The van der Waals surface area contributed by atoms with E-state index in [9.17, 15) is 9.18 Å². The second-order valence-corrected chi connectivity index (χ2v) is 12.6. The Balaban J connectivity index is 2.23. The van der Waals surface area contributed by atoms with E-state index in [1.807, 2.05) is 0 Å². The normalized spacial score (nSPS) is 13.3. The van der Waals surface area contributed by atoms with Crippen LogP contribution < -0.4 is 5.32 Å². The fraction of sp³-hybridized carbons (Fsp3) is 0.400. The molecule has 4 nitrogen and oxygen atoms in total. The fourth-order valence-corrected chi connectivity index (χ4v) is 3.22. The van der Waals surface area contributed by atoms with Crippen molar-refractivity contribution in [1.82, 2.24) is 10.3 Å². The number of rotatable bonds is 6. The molecule has 1 atom stereocenters. The van der Waals surface area contributed by atoms with E-state index >= 15 is 0 Å². The molecule has 1 aromatic heterocycles. The lowest BCUT2D eigenvalue weighted by Gasteiger charge is -2.37. The molecule has 0 bridgehead atoms. The summed E-state index contributed by atoms with van der Waals surface area (Å²) in [6, 6.07) is 11.0. The number of hydrogen-bond acceptors (Lipinski definition) is 3. The van der Waals surface area contributed by atoms with Gasteiger partial charge in [-0.25, -0.2) is 4.39 Å². The van der Waals surface area contributed by atoms with E-state index in [1.165, 1.54) is 6.07 Å². The van der Waals surface area contributed by atoms with E-state index in [1.54, 1.807) is 42.6 Å². The van der Waals surface area contributed by atoms with Gasteiger partial charge in [0.15, 0.2) is 8.32 Å². The van der Waals surface area contributed by atoms with Gasteiger partial charge in [0.1, 0.15) is 11.5 Å². The van der Waals surface area contributed by atoms with Crippen LogP contribution in [0.5, 0.6) is 0 Å². The van der Waals surface area contributed by atoms with Gasteiger partial charge in [-0.2, -0.15) is 0 Å². The number of aromatic nitrogens is 1. The highest BCUT2D eigenvalue weighted by atomic mass is 28.4. The summed E-state index contributed by atoms with van der Waals surface area (Å²) in [7, 11) is -2.04. The summed E-state index contributed by atoms with van der Waals surface area (Å²) in [5.41, 5.74) is 0.705. The summed E-state index contributed by atoms with van der Waals surface area (Å²) < 4.78 is 20.6. The summed E-state index contributed by atoms with van der Waals surface area (Å²) in [5, 5.41) is 2.90. The van der Waals surface area contributed by atoms with Crippen molar-refractivity contribution < 1.29 is 13.6 Å². The van der Waals surface area contributed by atoms with E-state index in [-0.39, 0.29) is 23.4 Å². The summed E-state index contributed by atoms with van der Waals surface area (Å²) in [4.78, 5) is 16.6. The Morgan fingerprint density at radius 2 is 1.85 bits per heavy atom. The maximum absolute atomic E-state index is 14.3. The highest BCUT2D eigenvalue weighted by Gasteiger charge is 2.38. The average Bonchev–Trinajstić information content (AvgIpc) is 2.59. The van der Waals surface area contributed by atoms with Crippen LogP contribution in [0.4, 0.5) is 4.39 Å². The molecule has 0 fully saturated rings. The highest BCUT2D eigenvalue weighted by molar-refractivity contribution is 6.74. The van der Waals surface area contributed by atoms with E-state index in [2.05, 4.69) is 44.2 Å². The molecule has 0 saturated heterocycles. The molecule has 0 radical (unpaired) electrons. The van der Waals surface area contributed by atoms with Gasteiger partial charge in [-0.15, -0.1) is 0 Å². The zero-order chi connectivity index (χ0) is 19.4. The summed E-state index contributed by atoms with van der Waals surface area (Å²) >= 11 is 0. The Labute approximate surface area is 155 Å². The van der Waals surface area contributed by atoms with Gasteiger partial charge in [-0.05, 0) is 36.3 Å². The molecule has 0 aliphatic rings. The minimum Gasteiger partial charge on any atom is -0.414 e. The maximum atomic E-state index is 14.3. The summed E-state index contributed by atoms with van der Waals surface area (Å²) in [5.74, 6) is -0.713. The van der Waals surface area contributed by atoms with Crippen LogP contribution >= 0.6 is 0 Å². The molecule has 0 spiro atoms. The van der Waals surface area contributed by atoms with Crippen LogP contribution in [-0.4, -0.2) is 25.8 Å². The Kier molecular flexibility index (Phi) is 6.31. The number of nitrogens with zero attached hydrogens (tertiary/aromatic N) is 1. The number of benzene rings is 1. The lowest BCUT2D eigenvalue weighted by molar-refractivity contribution is 0.0912. The molecule has 26 heavy (non-hydrogen) atoms. The molecule has 2 rings (SSSR count). The van der Waals surface area contributed by atoms with Crippen molar-refractivity contribution in [3.8, 4) is 0 Å². The van der Waals surface area contributed by atoms with E-state index < -0.39 is 14.4 Å². The van der Waals surface area contributed by atoms with Gasteiger partial charge in [0.2, 0.25) is 0 Å². The topological polar surface area (TPSA) is 51.2 Å². The number of carbonyl (C=O) groups excluding carboxylic acids is 1. The first-order valence-electron chi connectivity index (χ1n) is 8.72. The molecule has 1 aromatic carbocycles. The first kappa shape index (κ1) is 20.3. The average molecular weight is 375 g/mol. The van der Waals surface area contributed by atoms with Crippen LogP contribution in [-0.2, 0) is 4.43 Å². The molecule has 1 heterocycles. The van der Waals surface area contributed by atoms with Crippen molar-refractivity contribution in [2.75, 3.05) is 6.61 Å². The second-order valence-electron chi connectivity index (χ2n) is 7.83. The van der Waals surface area contributed by atoms with Gasteiger partial charge in [-0.3, -0.25) is 9.78 Å². The predicted octanol–water partition coefficient (Wildman–Crippen LogP) is 4.71. The van der Waals surface area contributed by atoms with E-state index in [0.29, 0.717) is 11.3 Å². The molecule has 1 N–H and O–H groups in total. The Morgan fingerprint density at radius 3 is 2.42 bits per heavy atom. The Hall–Kier alpha value is -2.05. The van der Waals surface area contributed by atoms with Gasteiger partial charge in [0.05, 0.1) is 12.6 Å². The minimum absolute atomic E-state index is 0.0256. The van der Waals surface area contributed by atoms with Crippen molar-refractivity contribution in [1.29, 1.82) is 0 Å². The first-order chi connectivity index (χ1) is 12.1. The molecular formula is C20H27FN2O2Si. The van der Waals surface area contributed by atoms with Crippen molar-refractivity contribution in [2.24, 2.45) is 0 Å². The third-order valence-electron chi connectivity index (χ3n) is 4.90. The highest BCUT2D eigenvalue weighted by Crippen LogP contribution is 2.37. The number of amides is 1. The third-order valence-corrected chi connectivity index (χ3v) is 9.40. The molecule has 0 aliphatic carbocycles. The largest absolute Gasteiger partial charge is 0.414 e. The zero-order valence-corrected chi connectivity index (χ0v) is 17.0. The smallest absolute Gasteiger partial charge is 0.270 e. The lowest BCUT2D eigenvalue weighted by Crippen LogP contribution is -2.43. The molecule has 2 aromatic rings. The standard InChI is InChI=1S/C20H27FN2O2Si/c1-20(2,3)26(4,5)25-14-18(15-10-6-7-11-16(15)21)23-19(24)17-12-8-9-13-22-17/h6-13,18H,14H2,1-5H3,(H,23,24). The molecular weight excluding hydrogens is 347 g/mol. The molecule has 1 unspecified atom stereocenters. The van der Waals surface area contributed by atoms with E-state index in [0.717, 1.165) is 0 Å². The molecule has 0 aliphatic heterocycles. The van der Waals surface area contributed by atoms with Gasteiger partial charge >= 0.3 is 0 Å². The van der Waals surface area contributed by atoms with Gasteiger partial charge < -0.3 is 9.74 Å². The van der Waals surface area contributed by atoms with Gasteiger partial charge in [-0.1, -0.05) is 45.0 Å². The summed E-state index contributed by atoms with van der Waals surface area (Å²) in [6.07, 6.45) is 1.55. The number of pyridine rings is 1. The summed E-state index contributed by atoms with van der Waals surface area (Å²) in [6.45, 7) is 10.9. The van der Waals surface area contributed by atoms with Crippen LogP contribution in [0.1, 0.15) is 42.9 Å². The number of nitrogens with one attached hydrogen (secondary N) is 1. The van der Waals surface area contributed by atoms with Gasteiger partial charge in [0.25, 0.3) is 5.91 Å². The molecule has 140 valence electrons. The van der Waals surface area contributed by atoms with Crippen molar-refractivity contribution >= 4 is 14.2 Å². The maximum Gasteiger partial charge on any atom is 0.270 e. The van der Waals surface area contributed by atoms with Crippen LogP contribution in [0.15, 0.2) is 48.7 Å². The Bertz CT molecular complexity index is 745. The van der Waals surface area contributed by atoms with Crippen LogP contribution in [0, 0.1) is 5.82 Å². The quantitative estimate of drug-likeness (QED) is 0.745. The first-order valence-corrected chi connectivity index (χ1v) is 11.6. The third kappa shape index (κ3) is 4.99. The molecule has 6 heteroatoms. The van der Waals surface area contributed by atoms with Crippen LogP contribution in [0.25, 0.3) is 0 Å². The van der Waals surface area contributed by atoms with Crippen LogP contribution in [0.2, 0.25) is 18.1 Å². The number of carbonyl (C=O) groups is 1. The lowest BCUT2D eigenvalue weighted by atomic mass is 10.1. The van der Waals surface area contributed by atoms with Crippen molar-refractivity contribution in [3.63, 3.8) is 0 Å². The Morgan fingerprint density at radius 1 is 1.19 bits per heavy atom. The fourth-order valence-electron chi connectivity index (χ4n) is 2.20. The molecule has 0 saturated carbocycles. The number of halogens is 1. The molecule has 1 amide bonds.